The number of carbonyl (C=O) groups is 1. The number of ether oxygens (including phenoxy) is 1. The molecular formula is C15H20N4O2. The van der Waals surface area contributed by atoms with Gasteiger partial charge in [0, 0.05) is 19.6 Å². The molecule has 0 N–H and O–H groups in total. The first-order valence-corrected chi connectivity index (χ1v) is 7.38. The molecule has 6 nitrogen and oxygen atoms in total. The molecule has 1 saturated heterocycles. The predicted molar refractivity (Wildman–Crippen MR) is 80.9 cm³/mol. The van der Waals surface area contributed by atoms with Crippen molar-refractivity contribution in [1.82, 2.24) is 14.6 Å². The van der Waals surface area contributed by atoms with Crippen molar-refractivity contribution in [2.24, 2.45) is 0 Å². The molecular weight excluding hydrogens is 268 g/mol. The lowest BCUT2D eigenvalue weighted by Gasteiger charge is -2.24. The first kappa shape index (κ1) is 13.7. The number of aromatic nitrogens is 2. The summed E-state index contributed by atoms with van der Waals surface area (Å²) in [4.78, 5) is 18.0. The number of hydrogen-bond donors (Lipinski definition) is 0. The van der Waals surface area contributed by atoms with E-state index in [-0.39, 0.29) is 6.09 Å². The molecule has 2 heterocycles. The minimum atomic E-state index is -0.213. The van der Waals surface area contributed by atoms with Crippen molar-refractivity contribution in [2.45, 2.75) is 13.3 Å². The summed E-state index contributed by atoms with van der Waals surface area (Å²) < 4.78 is 7.17. The van der Waals surface area contributed by atoms with Crippen LogP contribution >= 0.6 is 0 Å². The fourth-order valence-electron chi connectivity index (χ4n) is 2.69. The molecule has 0 radical (unpaired) electrons. The summed E-state index contributed by atoms with van der Waals surface area (Å²) in [6, 6.07) is 8.08. The molecule has 6 heteroatoms. The van der Waals surface area contributed by atoms with Crippen LogP contribution in [-0.2, 0) is 4.74 Å². The van der Waals surface area contributed by atoms with Crippen molar-refractivity contribution >= 4 is 17.1 Å². The summed E-state index contributed by atoms with van der Waals surface area (Å²) in [7, 11) is 0. The van der Waals surface area contributed by atoms with Crippen LogP contribution in [0, 0.1) is 0 Å². The van der Waals surface area contributed by atoms with Crippen molar-refractivity contribution in [3.05, 3.63) is 30.6 Å². The molecule has 112 valence electrons. The normalized spacial score (nSPS) is 16.0. The summed E-state index contributed by atoms with van der Waals surface area (Å²) in [5.41, 5.74) is 2.09. The van der Waals surface area contributed by atoms with Crippen LogP contribution in [0.3, 0.4) is 0 Å². The lowest BCUT2D eigenvalue weighted by Crippen LogP contribution is -2.39. The van der Waals surface area contributed by atoms with Crippen molar-refractivity contribution in [2.75, 3.05) is 37.8 Å². The molecule has 0 aliphatic carbocycles. The molecule has 0 saturated carbocycles. The van der Waals surface area contributed by atoms with Gasteiger partial charge >= 0.3 is 6.09 Å². The zero-order valence-corrected chi connectivity index (χ0v) is 12.2. The number of benzene rings is 1. The Morgan fingerprint density at radius 3 is 2.95 bits per heavy atom. The number of para-hydroxylation sites is 2. The van der Waals surface area contributed by atoms with Gasteiger partial charge in [0.15, 0.2) is 0 Å². The Morgan fingerprint density at radius 1 is 1.24 bits per heavy atom. The van der Waals surface area contributed by atoms with E-state index in [9.17, 15) is 4.79 Å². The first-order valence-electron chi connectivity index (χ1n) is 7.38. The maximum absolute atomic E-state index is 11.8. The van der Waals surface area contributed by atoms with Crippen LogP contribution in [0.2, 0.25) is 0 Å². The molecule has 1 aromatic heterocycles. The molecule has 0 spiro atoms. The van der Waals surface area contributed by atoms with Crippen LogP contribution in [0.25, 0.3) is 11.0 Å². The van der Waals surface area contributed by atoms with Gasteiger partial charge in [-0.05, 0) is 25.5 Å². The summed E-state index contributed by atoms with van der Waals surface area (Å²) in [6.45, 7) is 5.34. The molecule has 1 amide bonds. The van der Waals surface area contributed by atoms with E-state index in [4.69, 9.17) is 4.74 Å². The second kappa shape index (κ2) is 6.03. The summed E-state index contributed by atoms with van der Waals surface area (Å²) in [6.07, 6.45) is 2.56. The highest BCUT2D eigenvalue weighted by atomic mass is 16.6. The molecule has 0 atom stereocenters. The van der Waals surface area contributed by atoms with Gasteiger partial charge in [-0.2, -0.15) is 0 Å². The fraction of sp³-hybridized carbons (Fsp3) is 0.467. The van der Waals surface area contributed by atoms with Crippen LogP contribution in [-0.4, -0.2) is 53.4 Å². The van der Waals surface area contributed by atoms with Crippen LogP contribution in [0.4, 0.5) is 4.79 Å². The third-order valence-electron chi connectivity index (χ3n) is 3.74. The lowest BCUT2D eigenvalue weighted by molar-refractivity contribution is 0.110. The molecule has 1 aliphatic rings. The molecule has 21 heavy (non-hydrogen) atoms. The van der Waals surface area contributed by atoms with Gasteiger partial charge in [-0.1, -0.05) is 12.1 Å². The third-order valence-corrected chi connectivity index (χ3v) is 3.74. The number of rotatable bonds is 2. The van der Waals surface area contributed by atoms with Crippen molar-refractivity contribution < 1.29 is 9.53 Å². The average Bonchev–Trinajstić information content (AvgIpc) is 2.77. The Hall–Kier alpha value is -2.24. The minimum absolute atomic E-state index is 0.213. The van der Waals surface area contributed by atoms with E-state index in [1.165, 1.54) is 0 Å². The van der Waals surface area contributed by atoms with Gasteiger partial charge < -0.3 is 14.6 Å². The van der Waals surface area contributed by atoms with Crippen LogP contribution in [0.1, 0.15) is 13.3 Å². The third kappa shape index (κ3) is 2.79. The Bertz CT molecular complexity index is 625. The van der Waals surface area contributed by atoms with E-state index in [1.54, 1.807) is 4.90 Å². The Morgan fingerprint density at radius 2 is 2.10 bits per heavy atom. The lowest BCUT2D eigenvalue weighted by atomic mass is 10.3. The van der Waals surface area contributed by atoms with E-state index >= 15 is 0 Å². The number of fused-ring (bicyclic) bond motifs is 1. The van der Waals surface area contributed by atoms with E-state index in [1.807, 2.05) is 31.5 Å². The van der Waals surface area contributed by atoms with Gasteiger partial charge in [0.1, 0.15) is 6.33 Å². The van der Waals surface area contributed by atoms with Crippen LogP contribution in [0.5, 0.6) is 0 Å². The molecule has 2 aromatic rings. The van der Waals surface area contributed by atoms with E-state index in [0.29, 0.717) is 13.2 Å². The molecule has 1 aliphatic heterocycles. The second-order valence-electron chi connectivity index (χ2n) is 5.07. The highest BCUT2D eigenvalue weighted by Crippen LogP contribution is 2.14. The number of hydrogen-bond acceptors (Lipinski definition) is 4. The summed E-state index contributed by atoms with van der Waals surface area (Å²) in [5.74, 6) is 0. The van der Waals surface area contributed by atoms with Gasteiger partial charge in [-0.25, -0.2) is 14.5 Å². The predicted octanol–water partition coefficient (Wildman–Crippen LogP) is 1.84. The quantitative estimate of drug-likeness (QED) is 0.846. The Balaban J connectivity index is 1.74. The monoisotopic (exact) mass is 288 g/mol. The highest BCUT2D eigenvalue weighted by Gasteiger charge is 2.20. The van der Waals surface area contributed by atoms with Crippen molar-refractivity contribution in [1.29, 1.82) is 0 Å². The smallest absolute Gasteiger partial charge is 0.409 e. The second-order valence-corrected chi connectivity index (χ2v) is 5.07. The van der Waals surface area contributed by atoms with E-state index in [2.05, 4.69) is 20.7 Å². The SMILES string of the molecule is CCOC(=O)N1CCCN(n2cnc3ccccc32)CC1. The number of imidazole rings is 1. The maximum atomic E-state index is 11.8. The number of amides is 1. The minimum Gasteiger partial charge on any atom is -0.450 e. The Labute approximate surface area is 123 Å². The number of carbonyl (C=O) groups excluding carboxylic acids is 1. The zero-order chi connectivity index (χ0) is 14.7. The van der Waals surface area contributed by atoms with Gasteiger partial charge in [-0.15, -0.1) is 0 Å². The topological polar surface area (TPSA) is 50.6 Å². The fourth-order valence-corrected chi connectivity index (χ4v) is 2.69. The summed E-state index contributed by atoms with van der Waals surface area (Å²) >= 11 is 0. The number of nitrogens with zero attached hydrogens (tertiary/aromatic N) is 4. The largest absolute Gasteiger partial charge is 0.450 e. The van der Waals surface area contributed by atoms with Crippen molar-refractivity contribution in [3.8, 4) is 0 Å². The first-order chi connectivity index (χ1) is 10.3. The van der Waals surface area contributed by atoms with Gasteiger partial charge in [0.2, 0.25) is 0 Å². The van der Waals surface area contributed by atoms with Crippen LogP contribution in [0.15, 0.2) is 30.6 Å². The van der Waals surface area contributed by atoms with E-state index < -0.39 is 0 Å². The van der Waals surface area contributed by atoms with Gasteiger partial charge in [0.05, 0.1) is 24.2 Å². The molecule has 1 fully saturated rings. The van der Waals surface area contributed by atoms with Gasteiger partial charge in [-0.3, -0.25) is 0 Å². The van der Waals surface area contributed by atoms with Crippen LogP contribution < -0.4 is 5.01 Å². The standard InChI is InChI=1S/C15H20N4O2/c1-2-21-15(20)17-8-5-9-18(11-10-17)19-12-16-13-6-3-4-7-14(13)19/h3-4,6-7,12H,2,5,8-11H2,1H3. The molecule has 1 aromatic carbocycles. The summed E-state index contributed by atoms with van der Waals surface area (Å²) in [5, 5.41) is 2.23. The Kier molecular flexibility index (Phi) is 3.94. The maximum Gasteiger partial charge on any atom is 0.409 e. The zero-order valence-electron chi connectivity index (χ0n) is 12.2. The van der Waals surface area contributed by atoms with Crippen molar-refractivity contribution in [3.63, 3.8) is 0 Å². The highest BCUT2D eigenvalue weighted by molar-refractivity contribution is 5.75. The van der Waals surface area contributed by atoms with Gasteiger partial charge in [0.25, 0.3) is 0 Å². The van der Waals surface area contributed by atoms with E-state index in [0.717, 1.165) is 37.1 Å². The molecule has 3 rings (SSSR count). The molecule has 0 unspecified atom stereocenters. The average molecular weight is 288 g/mol. The molecule has 0 bridgehead atoms.